The van der Waals surface area contributed by atoms with E-state index in [-0.39, 0.29) is 18.0 Å². The van der Waals surface area contributed by atoms with Gasteiger partial charge in [-0.15, -0.1) is 0 Å². The summed E-state index contributed by atoms with van der Waals surface area (Å²) in [4.78, 5) is 32.4. The molecule has 0 bridgehead atoms. The molecule has 4 aliphatic rings. The summed E-state index contributed by atoms with van der Waals surface area (Å²) in [6.07, 6.45) is 7.68. The van der Waals surface area contributed by atoms with Gasteiger partial charge in [-0.25, -0.2) is 24.1 Å². The number of nitrogens with zero attached hydrogens (tertiary/aromatic N) is 6. The predicted molar refractivity (Wildman–Crippen MR) is 110 cm³/mol. The molecule has 2 atom stereocenters. The lowest BCUT2D eigenvalue weighted by Crippen LogP contribution is -2.50. The number of likely N-dealkylation sites (tertiary alicyclic amines) is 1. The minimum atomic E-state index is -0.680. The number of aliphatic imine (C=N–C) groups is 1. The molecule has 1 aromatic rings. The summed E-state index contributed by atoms with van der Waals surface area (Å²) < 4.78 is 13.5. The van der Waals surface area contributed by atoms with E-state index in [9.17, 15) is 9.18 Å². The summed E-state index contributed by atoms with van der Waals surface area (Å²) in [5.41, 5.74) is 0. The average molecular weight is 414 g/mol. The highest BCUT2D eigenvalue weighted by atomic mass is 19.1. The first-order valence-corrected chi connectivity index (χ1v) is 10.8. The van der Waals surface area contributed by atoms with Crippen LogP contribution in [0.15, 0.2) is 35.5 Å². The molecule has 1 saturated heterocycles. The van der Waals surface area contributed by atoms with Crippen molar-refractivity contribution in [2.24, 2.45) is 16.8 Å². The van der Waals surface area contributed by atoms with Gasteiger partial charge in [0.2, 0.25) is 0 Å². The van der Waals surface area contributed by atoms with Crippen molar-refractivity contribution < 1.29 is 9.18 Å². The topological polar surface area (TPSA) is 77.0 Å². The van der Waals surface area contributed by atoms with Crippen LogP contribution in [0, 0.1) is 11.8 Å². The van der Waals surface area contributed by atoms with Crippen molar-refractivity contribution in [1.82, 2.24) is 30.0 Å². The van der Waals surface area contributed by atoms with Gasteiger partial charge in [0.05, 0.1) is 6.54 Å². The maximum absolute atomic E-state index is 13.5. The molecule has 3 aliphatic heterocycles. The summed E-state index contributed by atoms with van der Waals surface area (Å²) >= 11 is 0. The van der Waals surface area contributed by atoms with Crippen molar-refractivity contribution >= 4 is 11.9 Å². The van der Waals surface area contributed by atoms with Gasteiger partial charge in [0.15, 0.2) is 5.82 Å². The van der Waals surface area contributed by atoms with Gasteiger partial charge >= 0.3 is 6.03 Å². The van der Waals surface area contributed by atoms with E-state index < -0.39 is 6.17 Å². The van der Waals surface area contributed by atoms with Gasteiger partial charge in [0.25, 0.3) is 0 Å². The number of alkyl halides is 1. The summed E-state index contributed by atoms with van der Waals surface area (Å²) in [5.74, 6) is 2.80. The van der Waals surface area contributed by atoms with Gasteiger partial charge in [-0.2, -0.15) is 0 Å². The third kappa shape index (κ3) is 3.78. The fourth-order valence-corrected chi connectivity index (χ4v) is 5.01. The van der Waals surface area contributed by atoms with Crippen LogP contribution in [0.4, 0.5) is 9.18 Å². The summed E-state index contributed by atoms with van der Waals surface area (Å²) in [7, 11) is 0. The van der Waals surface area contributed by atoms with E-state index in [0.29, 0.717) is 37.8 Å². The molecule has 0 radical (unpaired) electrons. The van der Waals surface area contributed by atoms with Gasteiger partial charge in [0.1, 0.15) is 24.5 Å². The normalized spacial score (nSPS) is 32.0. The Morgan fingerprint density at radius 3 is 2.70 bits per heavy atom. The minimum Gasteiger partial charge on any atom is -0.353 e. The lowest BCUT2D eigenvalue weighted by Gasteiger charge is -2.33. The van der Waals surface area contributed by atoms with Crippen LogP contribution in [0.25, 0.3) is 0 Å². The number of rotatable bonds is 4. The summed E-state index contributed by atoms with van der Waals surface area (Å²) in [6.45, 7) is 5.12. The largest absolute Gasteiger partial charge is 0.353 e. The van der Waals surface area contributed by atoms with Crippen LogP contribution in [0.3, 0.4) is 0 Å². The highest BCUT2D eigenvalue weighted by Crippen LogP contribution is 2.32. The molecule has 8 nitrogen and oxygen atoms in total. The number of hydrogen-bond acceptors (Lipinski definition) is 6. The van der Waals surface area contributed by atoms with Crippen LogP contribution in [-0.4, -0.2) is 68.5 Å². The third-order valence-corrected chi connectivity index (χ3v) is 6.70. The second-order valence-electron chi connectivity index (χ2n) is 8.85. The molecular weight excluding hydrogens is 385 g/mol. The molecule has 0 spiro atoms. The van der Waals surface area contributed by atoms with Gasteiger partial charge in [-0.05, 0) is 37.7 Å². The number of carbonyl (C=O) groups excluding carboxylic acids is 1. The molecule has 160 valence electrons. The van der Waals surface area contributed by atoms with Crippen LogP contribution in [0.2, 0.25) is 0 Å². The van der Waals surface area contributed by atoms with E-state index in [2.05, 4.69) is 32.0 Å². The lowest BCUT2D eigenvalue weighted by atomic mass is 9.93. The van der Waals surface area contributed by atoms with Crippen molar-refractivity contribution in [2.75, 3.05) is 19.8 Å². The maximum atomic E-state index is 13.5. The Balaban J connectivity index is 1.28. The van der Waals surface area contributed by atoms with E-state index in [1.165, 1.54) is 0 Å². The van der Waals surface area contributed by atoms with Gasteiger partial charge in [0, 0.05) is 43.6 Å². The molecule has 1 aliphatic carbocycles. The molecule has 2 amide bonds. The molecule has 2 unspecified atom stereocenters. The fraction of sp³-hybridized carbons (Fsp3) is 0.619. The van der Waals surface area contributed by atoms with Crippen LogP contribution in [-0.2, 0) is 6.54 Å². The van der Waals surface area contributed by atoms with Gasteiger partial charge in [-0.3, -0.25) is 15.1 Å². The highest BCUT2D eigenvalue weighted by Gasteiger charge is 2.40. The number of aromatic nitrogens is 2. The molecule has 1 saturated carbocycles. The zero-order chi connectivity index (χ0) is 20.7. The number of amidine groups is 1. The molecule has 1 N–H and O–H groups in total. The first kappa shape index (κ1) is 19.4. The SMILES string of the molecule is CC1CN(Cc2ncccn2)CC1C1=NC2=CN(C3CCC(F)CC3)CN2C(=O)N1. The van der Waals surface area contributed by atoms with E-state index in [1.807, 2.05) is 12.3 Å². The Bertz CT molecular complexity index is 852. The Hall–Kier alpha value is -2.55. The third-order valence-electron chi connectivity index (χ3n) is 6.70. The number of fused-ring (bicyclic) bond motifs is 1. The van der Waals surface area contributed by atoms with Crippen molar-refractivity contribution in [2.45, 2.75) is 51.4 Å². The van der Waals surface area contributed by atoms with Crippen LogP contribution >= 0.6 is 0 Å². The summed E-state index contributed by atoms with van der Waals surface area (Å²) in [6, 6.07) is 1.98. The van der Waals surface area contributed by atoms with Gasteiger partial charge < -0.3 is 4.90 Å². The highest BCUT2D eigenvalue weighted by molar-refractivity contribution is 6.02. The Labute approximate surface area is 175 Å². The molecule has 30 heavy (non-hydrogen) atoms. The number of hydrogen-bond donors (Lipinski definition) is 1. The number of halogens is 1. The first-order chi connectivity index (χ1) is 14.6. The second kappa shape index (κ2) is 7.94. The Kier molecular flexibility index (Phi) is 5.14. The first-order valence-electron chi connectivity index (χ1n) is 10.8. The number of carbonyl (C=O) groups is 1. The predicted octanol–water partition coefficient (Wildman–Crippen LogP) is 2.32. The lowest BCUT2D eigenvalue weighted by molar-refractivity contribution is 0.138. The fourth-order valence-electron chi connectivity index (χ4n) is 5.01. The smallest absolute Gasteiger partial charge is 0.329 e. The summed E-state index contributed by atoms with van der Waals surface area (Å²) in [5, 5.41) is 3.03. The molecule has 2 fully saturated rings. The van der Waals surface area contributed by atoms with E-state index in [0.717, 1.165) is 37.6 Å². The minimum absolute atomic E-state index is 0.120. The van der Waals surface area contributed by atoms with Crippen LogP contribution < -0.4 is 5.32 Å². The average Bonchev–Trinajstić information content (AvgIpc) is 3.33. The van der Waals surface area contributed by atoms with Crippen molar-refractivity contribution in [3.05, 3.63) is 36.3 Å². The number of nitrogens with one attached hydrogen (secondary N) is 1. The second-order valence-corrected chi connectivity index (χ2v) is 8.85. The van der Waals surface area contributed by atoms with Crippen molar-refractivity contribution in [3.8, 4) is 0 Å². The Morgan fingerprint density at radius 2 is 1.93 bits per heavy atom. The van der Waals surface area contributed by atoms with E-state index in [4.69, 9.17) is 4.99 Å². The maximum Gasteiger partial charge on any atom is 0.329 e. The number of urea groups is 1. The molecule has 0 aromatic carbocycles. The zero-order valence-corrected chi connectivity index (χ0v) is 17.2. The standard InChI is InChI=1S/C21H28FN7O/c1-14-9-27(11-18-23-7-2-8-24-18)10-17(14)20-25-19-12-28(13-29(19)21(30)26-20)16-5-3-15(22)4-6-16/h2,7-8,12,14-17H,3-6,9-11,13H2,1H3,(H,25,26,30). The van der Waals surface area contributed by atoms with E-state index in [1.54, 1.807) is 17.3 Å². The van der Waals surface area contributed by atoms with Crippen LogP contribution in [0.5, 0.6) is 0 Å². The molecule has 9 heteroatoms. The van der Waals surface area contributed by atoms with Crippen molar-refractivity contribution in [1.29, 1.82) is 0 Å². The molecule has 4 heterocycles. The molecule has 1 aromatic heterocycles. The number of amides is 2. The van der Waals surface area contributed by atoms with Gasteiger partial charge in [-0.1, -0.05) is 6.92 Å². The Morgan fingerprint density at radius 1 is 1.17 bits per heavy atom. The molecule has 5 rings (SSSR count). The zero-order valence-electron chi connectivity index (χ0n) is 17.2. The van der Waals surface area contributed by atoms with Crippen LogP contribution in [0.1, 0.15) is 38.4 Å². The molecular formula is C21H28FN7O. The van der Waals surface area contributed by atoms with Crippen molar-refractivity contribution in [3.63, 3.8) is 0 Å². The quantitative estimate of drug-likeness (QED) is 0.820. The van der Waals surface area contributed by atoms with E-state index >= 15 is 0 Å². The monoisotopic (exact) mass is 413 g/mol.